The van der Waals surface area contributed by atoms with Gasteiger partial charge in [-0.15, -0.1) is 0 Å². The number of fused-ring (bicyclic) bond motifs is 3. The Bertz CT molecular complexity index is 850. The molecule has 3 rings (SSSR count). The van der Waals surface area contributed by atoms with Gasteiger partial charge in [0.1, 0.15) is 13.2 Å². The molecule has 0 heterocycles. The van der Waals surface area contributed by atoms with E-state index in [1.165, 1.54) is 0 Å². The Kier molecular flexibility index (Phi) is 5.93. The van der Waals surface area contributed by atoms with E-state index >= 15 is 0 Å². The summed E-state index contributed by atoms with van der Waals surface area (Å²) in [6.07, 6.45) is -0.611. The molecule has 1 unspecified atom stereocenters. The van der Waals surface area contributed by atoms with Gasteiger partial charge >= 0.3 is 12.1 Å². The fourth-order valence-corrected chi connectivity index (χ4v) is 3.32. The van der Waals surface area contributed by atoms with Gasteiger partial charge in [0.05, 0.1) is 5.92 Å². The van der Waals surface area contributed by atoms with Gasteiger partial charge in [-0.1, -0.05) is 55.5 Å². The maximum absolute atomic E-state index is 12.1. The van der Waals surface area contributed by atoms with Crippen molar-refractivity contribution in [3.63, 3.8) is 0 Å². The number of carboxylic acids is 1. The number of amides is 2. The lowest BCUT2D eigenvalue weighted by molar-refractivity contribution is -0.138. The van der Waals surface area contributed by atoms with E-state index in [1.807, 2.05) is 36.4 Å². The SMILES string of the molecule is CC(CNC(=O)OCC1c2ccccc2-c2ccccc21)C(=O)NCC(=O)O. The van der Waals surface area contributed by atoms with Crippen molar-refractivity contribution >= 4 is 18.0 Å². The smallest absolute Gasteiger partial charge is 0.407 e. The minimum atomic E-state index is -1.12. The van der Waals surface area contributed by atoms with E-state index in [-0.39, 0.29) is 19.1 Å². The van der Waals surface area contributed by atoms with Crippen molar-refractivity contribution in [1.29, 1.82) is 0 Å². The van der Waals surface area contributed by atoms with E-state index in [2.05, 4.69) is 22.8 Å². The van der Waals surface area contributed by atoms with Crippen LogP contribution in [-0.2, 0) is 14.3 Å². The number of alkyl carbamates (subject to hydrolysis) is 1. The van der Waals surface area contributed by atoms with Crippen LogP contribution < -0.4 is 10.6 Å². The average Bonchev–Trinajstić information content (AvgIpc) is 3.02. The molecule has 146 valence electrons. The Balaban J connectivity index is 1.54. The molecule has 0 radical (unpaired) electrons. The number of rotatable bonds is 7. The van der Waals surface area contributed by atoms with E-state index in [4.69, 9.17) is 9.84 Å². The first-order valence-electron chi connectivity index (χ1n) is 9.05. The van der Waals surface area contributed by atoms with Crippen LogP contribution in [-0.4, -0.2) is 42.8 Å². The van der Waals surface area contributed by atoms with Crippen molar-refractivity contribution in [3.8, 4) is 11.1 Å². The van der Waals surface area contributed by atoms with Crippen LogP contribution in [0.15, 0.2) is 48.5 Å². The molecule has 0 bridgehead atoms. The molecule has 7 nitrogen and oxygen atoms in total. The van der Waals surface area contributed by atoms with Crippen molar-refractivity contribution < 1.29 is 24.2 Å². The number of aliphatic carboxylic acids is 1. The van der Waals surface area contributed by atoms with Crippen LogP contribution in [0.4, 0.5) is 4.79 Å². The monoisotopic (exact) mass is 382 g/mol. The first kappa shape index (κ1) is 19.4. The molecule has 2 amide bonds. The van der Waals surface area contributed by atoms with E-state index in [9.17, 15) is 14.4 Å². The first-order chi connectivity index (χ1) is 13.5. The molecule has 28 heavy (non-hydrogen) atoms. The summed E-state index contributed by atoms with van der Waals surface area (Å²) < 4.78 is 5.39. The summed E-state index contributed by atoms with van der Waals surface area (Å²) in [6.45, 7) is 1.40. The molecule has 1 aliphatic carbocycles. The highest BCUT2D eigenvalue weighted by Gasteiger charge is 2.29. The third kappa shape index (κ3) is 4.31. The van der Waals surface area contributed by atoms with Gasteiger partial charge in [-0.05, 0) is 22.3 Å². The fraction of sp³-hybridized carbons (Fsp3) is 0.286. The second-order valence-electron chi connectivity index (χ2n) is 6.72. The van der Waals surface area contributed by atoms with E-state index in [0.717, 1.165) is 22.3 Å². The molecule has 0 fully saturated rings. The molecule has 2 aromatic rings. The lowest BCUT2D eigenvalue weighted by Crippen LogP contribution is -2.39. The molecule has 3 N–H and O–H groups in total. The van der Waals surface area contributed by atoms with Crippen LogP contribution in [0.5, 0.6) is 0 Å². The van der Waals surface area contributed by atoms with Crippen LogP contribution >= 0.6 is 0 Å². The number of hydrogen-bond acceptors (Lipinski definition) is 4. The maximum Gasteiger partial charge on any atom is 0.407 e. The Morgan fingerprint density at radius 1 is 1.00 bits per heavy atom. The standard InChI is InChI=1S/C21H22N2O5/c1-13(20(26)22-11-19(24)25)10-23-21(27)28-12-18-16-8-4-2-6-14(16)15-7-3-5-9-17(15)18/h2-9,13,18H,10-12H2,1H3,(H,22,26)(H,23,27)(H,24,25). The quantitative estimate of drug-likeness (QED) is 0.682. The predicted molar refractivity (Wildman–Crippen MR) is 103 cm³/mol. The number of carbonyl (C=O) groups excluding carboxylic acids is 2. The Labute approximate surface area is 162 Å². The van der Waals surface area contributed by atoms with Gasteiger partial charge in [0.15, 0.2) is 0 Å². The van der Waals surface area contributed by atoms with Gasteiger partial charge in [0, 0.05) is 12.5 Å². The lowest BCUT2D eigenvalue weighted by atomic mass is 9.98. The van der Waals surface area contributed by atoms with Crippen molar-refractivity contribution in [3.05, 3.63) is 59.7 Å². The van der Waals surface area contributed by atoms with Crippen molar-refractivity contribution in [2.75, 3.05) is 19.7 Å². The molecule has 1 aliphatic rings. The Morgan fingerprint density at radius 3 is 2.14 bits per heavy atom. The van der Waals surface area contributed by atoms with Crippen LogP contribution in [0, 0.1) is 5.92 Å². The zero-order valence-electron chi connectivity index (χ0n) is 15.5. The molecular weight excluding hydrogens is 360 g/mol. The predicted octanol–water partition coefficient (Wildman–Crippen LogP) is 2.36. The van der Waals surface area contributed by atoms with Crippen LogP contribution in [0.2, 0.25) is 0 Å². The summed E-state index contributed by atoms with van der Waals surface area (Å²) in [6, 6.07) is 16.1. The van der Waals surface area contributed by atoms with E-state index < -0.39 is 30.4 Å². The summed E-state index contributed by atoms with van der Waals surface area (Å²) in [5.74, 6) is -2.17. The minimum absolute atomic E-state index is 0.0329. The normalized spacial score (nSPS) is 13.2. The second kappa shape index (κ2) is 8.56. The third-order valence-electron chi connectivity index (χ3n) is 4.76. The first-order valence-corrected chi connectivity index (χ1v) is 9.05. The summed E-state index contributed by atoms with van der Waals surface area (Å²) >= 11 is 0. The van der Waals surface area contributed by atoms with Gasteiger partial charge in [0.2, 0.25) is 5.91 Å². The van der Waals surface area contributed by atoms with Crippen LogP contribution in [0.1, 0.15) is 24.0 Å². The number of benzene rings is 2. The third-order valence-corrected chi connectivity index (χ3v) is 4.76. The van der Waals surface area contributed by atoms with Crippen molar-refractivity contribution in [1.82, 2.24) is 10.6 Å². The van der Waals surface area contributed by atoms with Gasteiger partial charge in [0.25, 0.3) is 0 Å². The van der Waals surface area contributed by atoms with Gasteiger partial charge < -0.3 is 20.5 Å². The zero-order chi connectivity index (χ0) is 20.1. The number of hydrogen-bond donors (Lipinski definition) is 3. The summed E-state index contributed by atoms with van der Waals surface area (Å²) in [4.78, 5) is 34.3. The largest absolute Gasteiger partial charge is 0.480 e. The fourth-order valence-electron chi connectivity index (χ4n) is 3.32. The minimum Gasteiger partial charge on any atom is -0.480 e. The summed E-state index contributed by atoms with van der Waals surface area (Å²) in [5.41, 5.74) is 4.54. The molecule has 0 aliphatic heterocycles. The number of ether oxygens (including phenoxy) is 1. The topological polar surface area (TPSA) is 105 Å². The van der Waals surface area contributed by atoms with Gasteiger partial charge in [-0.2, -0.15) is 0 Å². The Morgan fingerprint density at radius 2 is 1.57 bits per heavy atom. The highest BCUT2D eigenvalue weighted by Crippen LogP contribution is 2.44. The van der Waals surface area contributed by atoms with E-state index in [1.54, 1.807) is 6.92 Å². The lowest BCUT2D eigenvalue weighted by Gasteiger charge is -2.16. The molecule has 0 aromatic heterocycles. The molecular formula is C21H22N2O5. The van der Waals surface area contributed by atoms with Gasteiger partial charge in [-0.25, -0.2) is 4.79 Å². The average molecular weight is 382 g/mol. The van der Waals surface area contributed by atoms with Gasteiger partial charge in [-0.3, -0.25) is 9.59 Å². The molecule has 7 heteroatoms. The summed E-state index contributed by atoms with van der Waals surface area (Å²) in [7, 11) is 0. The molecule has 2 aromatic carbocycles. The number of nitrogens with one attached hydrogen (secondary N) is 2. The highest BCUT2D eigenvalue weighted by atomic mass is 16.5. The maximum atomic E-state index is 12.1. The molecule has 0 saturated carbocycles. The van der Waals surface area contributed by atoms with E-state index in [0.29, 0.717) is 0 Å². The second-order valence-corrected chi connectivity index (χ2v) is 6.72. The van der Waals surface area contributed by atoms with Crippen LogP contribution in [0.25, 0.3) is 11.1 Å². The zero-order valence-corrected chi connectivity index (χ0v) is 15.5. The van der Waals surface area contributed by atoms with Crippen LogP contribution in [0.3, 0.4) is 0 Å². The van der Waals surface area contributed by atoms with Crippen molar-refractivity contribution in [2.24, 2.45) is 5.92 Å². The highest BCUT2D eigenvalue weighted by molar-refractivity contribution is 5.83. The number of carboxylic acid groups (broad SMARTS) is 1. The van der Waals surface area contributed by atoms with Crippen molar-refractivity contribution in [2.45, 2.75) is 12.8 Å². The molecule has 0 spiro atoms. The summed E-state index contributed by atoms with van der Waals surface area (Å²) in [5, 5.41) is 13.4. The number of carbonyl (C=O) groups is 3. The molecule has 0 saturated heterocycles. The molecule has 1 atom stereocenters. The Hall–Kier alpha value is -3.35.